The van der Waals surface area contributed by atoms with Gasteiger partial charge >= 0.3 is 17.9 Å². The van der Waals surface area contributed by atoms with Crippen LogP contribution in [-0.2, 0) is 39.3 Å². The van der Waals surface area contributed by atoms with Crippen molar-refractivity contribution in [3.8, 4) is 0 Å². The summed E-state index contributed by atoms with van der Waals surface area (Å²) in [5.41, 5.74) is 0.484. The molecule has 1 rings (SSSR count). The van der Waals surface area contributed by atoms with Gasteiger partial charge in [0.1, 0.15) is 6.54 Å². The molecule has 0 aliphatic carbocycles. The Balaban J connectivity index is 0.00000676. The molecule has 0 heterocycles. The quantitative estimate of drug-likeness (QED) is 0.287. The van der Waals surface area contributed by atoms with E-state index in [9.17, 15) is 24.0 Å². The van der Waals surface area contributed by atoms with Gasteiger partial charge in [-0.15, -0.1) is 0 Å². The van der Waals surface area contributed by atoms with Gasteiger partial charge in [-0.3, -0.25) is 28.9 Å². The molecule has 0 unspecified atom stereocenters. The van der Waals surface area contributed by atoms with Crippen LogP contribution >= 0.6 is 0 Å². The third-order valence-corrected chi connectivity index (χ3v) is 2.92. The Labute approximate surface area is 166 Å². The largest absolute Gasteiger partial charge is 0.480 e. The molecule has 0 aliphatic rings. The average Bonchev–Trinajstić information content (AvgIpc) is 2.51. The second-order valence-corrected chi connectivity index (χ2v) is 5.13. The number of carbonyl (C=O) groups is 5. The number of carboxylic acid groups (broad SMARTS) is 3. The topological polar surface area (TPSA) is 173 Å². The zero-order valence-corrected chi connectivity index (χ0v) is 15.7. The summed E-state index contributed by atoms with van der Waals surface area (Å²) in [5.74, 6) is -4.95. The third-order valence-electron chi connectivity index (χ3n) is 2.92. The molecule has 27 heavy (non-hydrogen) atoms. The summed E-state index contributed by atoms with van der Waals surface area (Å²) in [6.07, 6.45) is 0. The first-order chi connectivity index (χ1) is 12.2. The van der Waals surface area contributed by atoms with Gasteiger partial charge in [0, 0.05) is 31.4 Å². The molecular formula is C15H17N3O8Tc. The molecule has 0 saturated heterocycles. The summed E-state index contributed by atoms with van der Waals surface area (Å²) < 4.78 is 0. The summed E-state index contributed by atoms with van der Waals surface area (Å²) in [7, 11) is 0. The van der Waals surface area contributed by atoms with Crippen LogP contribution in [0, 0.1) is 0 Å². The summed E-state index contributed by atoms with van der Waals surface area (Å²) in [6.45, 7) is -2.19. The molecule has 0 fully saturated rings. The van der Waals surface area contributed by atoms with E-state index in [-0.39, 0.29) is 25.7 Å². The number of nitrogens with zero attached hydrogens (tertiary/aromatic N) is 1. The zero-order valence-electron chi connectivity index (χ0n) is 13.8. The fraction of sp³-hybridized carbons (Fsp3) is 0.267. The fourth-order valence-electron chi connectivity index (χ4n) is 1.92. The molecule has 0 saturated carbocycles. The van der Waals surface area contributed by atoms with E-state index in [1.807, 2.05) is 0 Å². The first-order valence-electron chi connectivity index (χ1n) is 7.23. The van der Waals surface area contributed by atoms with Crippen molar-refractivity contribution in [2.45, 2.75) is 0 Å². The predicted molar refractivity (Wildman–Crippen MR) is 86.8 cm³/mol. The molecule has 0 atom stereocenters. The molecule has 0 bridgehead atoms. The SMILES string of the molecule is O=C(O)CNC(=O)c1ccc(NC(=O)CN(CC(=O)O)CC(=O)O)cc1.[99Tc]. The molecule has 11 nitrogen and oxygen atoms in total. The van der Waals surface area contributed by atoms with Crippen LogP contribution in [0.1, 0.15) is 10.4 Å². The first kappa shape index (κ1) is 24.2. The van der Waals surface area contributed by atoms with Crippen molar-refractivity contribution in [3.05, 3.63) is 29.8 Å². The molecular weight excluding hydrogens is 449 g/mol. The van der Waals surface area contributed by atoms with Gasteiger partial charge in [0.15, 0.2) is 0 Å². The molecule has 12 heteroatoms. The Hall–Kier alpha value is -2.82. The maximum Gasteiger partial charge on any atom is 0.322 e. The van der Waals surface area contributed by atoms with E-state index < -0.39 is 55.9 Å². The van der Waals surface area contributed by atoms with Gasteiger partial charge in [0.2, 0.25) is 5.91 Å². The molecule has 1 aromatic rings. The van der Waals surface area contributed by atoms with Crippen molar-refractivity contribution < 1.29 is 59.4 Å². The molecule has 0 spiro atoms. The van der Waals surface area contributed by atoms with Crippen molar-refractivity contribution in [2.75, 3.05) is 31.5 Å². The average molecular weight is 466 g/mol. The van der Waals surface area contributed by atoms with Crippen molar-refractivity contribution in [1.82, 2.24) is 10.2 Å². The number of carbonyl (C=O) groups excluding carboxylic acids is 2. The van der Waals surface area contributed by atoms with Crippen molar-refractivity contribution in [2.24, 2.45) is 0 Å². The Morgan fingerprint density at radius 2 is 1.33 bits per heavy atom. The van der Waals surface area contributed by atoms with E-state index in [4.69, 9.17) is 15.3 Å². The molecule has 147 valence electrons. The maximum atomic E-state index is 11.9. The van der Waals surface area contributed by atoms with Gasteiger partial charge in [-0.25, -0.2) is 0 Å². The number of amides is 2. The molecule has 2 amide bonds. The number of anilines is 1. The van der Waals surface area contributed by atoms with E-state index >= 15 is 0 Å². The Kier molecular flexibility index (Phi) is 10.5. The standard InChI is InChI=1S/C15H17N3O8.Tc/c19-11(6-18(7-13(22)23)8-14(24)25)17-10-3-1-9(2-4-10)15(26)16-5-12(20)21;/h1-4H,5-8H2,(H,16,26)(H,17,19)(H,20,21)(H,22,23)(H,24,25);/i;1+1. The summed E-state index contributed by atoms with van der Waals surface area (Å²) in [6, 6.07) is 5.51. The van der Waals surface area contributed by atoms with Gasteiger partial charge in [-0.05, 0) is 24.3 Å². The number of carboxylic acids is 3. The van der Waals surface area contributed by atoms with Crippen LogP contribution in [0.4, 0.5) is 5.69 Å². The van der Waals surface area contributed by atoms with Gasteiger partial charge in [0.05, 0.1) is 19.6 Å². The fourth-order valence-corrected chi connectivity index (χ4v) is 1.92. The summed E-state index contributed by atoms with van der Waals surface area (Å²) in [4.78, 5) is 56.3. The van der Waals surface area contributed by atoms with Crippen molar-refractivity contribution >= 4 is 35.4 Å². The van der Waals surface area contributed by atoms with Crippen LogP contribution in [0.2, 0.25) is 0 Å². The Morgan fingerprint density at radius 3 is 1.78 bits per heavy atom. The van der Waals surface area contributed by atoms with Gasteiger partial charge < -0.3 is 26.0 Å². The molecule has 0 aliphatic heterocycles. The molecule has 0 aromatic heterocycles. The van der Waals surface area contributed by atoms with Crippen molar-refractivity contribution in [3.63, 3.8) is 0 Å². The second-order valence-electron chi connectivity index (χ2n) is 5.13. The number of nitrogens with one attached hydrogen (secondary N) is 2. The number of benzene rings is 1. The van der Waals surface area contributed by atoms with E-state index in [0.29, 0.717) is 5.69 Å². The summed E-state index contributed by atoms with van der Waals surface area (Å²) >= 11 is 0. The Morgan fingerprint density at radius 1 is 0.815 bits per heavy atom. The monoisotopic (exact) mass is 466 g/mol. The Bertz CT molecular complexity index is 692. The van der Waals surface area contributed by atoms with Crippen LogP contribution < -0.4 is 10.6 Å². The predicted octanol–water partition coefficient (Wildman–Crippen LogP) is -1.09. The number of hydrogen-bond donors (Lipinski definition) is 5. The van der Waals surface area contributed by atoms with Gasteiger partial charge in [0.25, 0.3) is 5.91 Å². The number of hydrogen-bond acceptors (Lipinski definition) is 6. The first-order valence-corrected chi connectivity index (χ1v) is 7.23. The molecule has 5 N–H and O–H groups in total. The van der Waals surface area contributed by atoms with E-state index in [0.717, 1.165) is 4.90 Å². The van der Waals surface area contributed by atoms with Gasteiger partial charge in [-0.1, -0.05) is 0 Å². The smallest absolute Gasteiger partial charge is 0.322 e. The normalized spacial score (nSPS) is 9.81. The van der Waals surface area contributed by atoms with Crippen LogP contribution in [0.3, 0.4) is 0 Å². The van der Waals surface area contributed by atoms with Gasteiger partial charge in [-0.2, -0.15) is 0 Å². The number of aliphatic carboxylic acids is 3. The zero-order chi connectivity index (χ0) is 19.7. The minimum absolute atomic E-state index is 0. The maximum absolute atomic E-state index is 11.9. The van der Waals surface area contributed by atoms with Crippen LogP contribution in [-0.4, -0.2) is 76.1 Å². The van der Waals surface area contributed by atoms with E-state index in [1.165, 1.54) is 24.3 Å². The minimum atomic E-state index is -1.27. The van der Waals surface area contributed by atoms with Crippen molar-refractivity contribution in [1.29, 1.82) is 0 Å². The van der Waals surface area contributed by atoms with Crippen LogP contribution in [0.25, 0.3) is 0 Å². The molecule has 1 radical (unpaired) electrons. The summed E-state index contributed by atoms with van der Waals surface area (Å²) in [5, 5.41) is 30.6. The van der Waals surface area contributed by atoms with Crippen LogP contribution in [0.15, 0.2) is 24.3 Å². The third kappa shape index (κ3) is 10.0. The molecule has 1 aromatic carbocycles. The van der Waals surface area contributed by atoms with E-state index in [2.05, 4.69) is 10.6 Å². The second kappa shape index (κ2) is 11.7. The minimum Gasteiger partial charge on any atom is -0.480 e. The number of rotatable bonds is 10. The van der Waals surface area contributed by atoms with E-state index in [1.54, 1.807) is 0 Å². The van der Waals surface area contributed by atoms with Crippen LogP contribution in [0.5, 0.6) is 0 Å².